The van der Waals surface area contributed by atoms with Crippen molar-refractivity contribution in [1.82, 2.24) is 5.32 Å². The van der Waals surface area contributed by atoms with Crippen molar-refractivity contribution < 1.29 is 19.4 Å². The lowest BCUT2D eigenvalue weighted by Gasteiger charge is -2.53. The monoisotopic (exact) mass is 437 g/mol. The molecule has 1 aromatic rings. The Morgan fingerprint density at radius 3 is 2.81 bits per heavy atom. The van der Waals surface area contributed by atoms with E-state index in [-0.39, 0.29) is 34.6 Å². The Labute approximate surface area is 168 Å². The summed E-state index contributed by atoms with van der Waals surface area (Å²) in [5.41, 5.74) is 1.19. The number of benzene rings is 1. The van der Waals surface area contributed by atoms with Crippen LogP contribution in [0.4, 0.5) is 0 Å². The Balaban J connectivity index is 1.74. The molecule has 1 amide bonds. The van der Waals surface area contributed by atoms with Gasteiger partial charge in [-0.3, -0.25) is 4.79 Å². The molecule has 3 aliphatic rings. The van der Waals surface area contributed by atoms with Gasteiger partial charge in [0.1, 0.15) is 0 Å². The van der Waals surface area contributed by atoms with Gasteiger partial charge in [0.25, 0.3) is 0 Å². The first-order valence-corrected chi connectivity index (χ1v) is 10.4. The number of fused-ring (bicyclic) bond motifs is 1. The summed E-state index contributed by atoms with van der Waals surface area (Å²) in [5, 5.41) is 13.5. The molecule has 2 saturated carbocycles. The number of hydrogen-bond acceptors (Lipinski definition) is 4. The lowest BCUT2D eigenvalue weighted by Crippen LogP contribution is -2.58. The fourth-order valence-corrected chi connectivity index (χ4v) is 6.69. The van der Waals surface area contributed by atoms with Crippen LogP contribution in [0.1, 0.15) is 51.7 Å². The summed E-state index contributed by atoms with van der Waals surface area (Å²) in [6, 6.07) is 3.99. The second-order valence-corrected chi connectivity index (χ2v) is 9.88. The van der Waals surface area contributed by atoms with Crippen LogP contribution in [-0.2, 0) is 9.53 Å². The highest BCUT2D eigenvalue weighted by atomic mass is 79.9. The molecule has 5 atom stereocenters. The summed E-state index contributed by atoms with van der Waals surface area (Å²) < 4.78 is 12.2. The fraction of sp³-hybridized carbons (Fsp3) is 0.667. The Hall–Kier alpha value is -1.27. The normalized spacial score (nSPS) is 36.3. The highest BCUT2D eigenvalue weighted by Gasteiger charge is 2.68. The summed E-state index contributed by atoms with van der Waals surface area (Å²) >= 11 is 3.44. The molecule has 1 aromatic carbocycles. The lowest BCUT2D eigenvalue weighted by atomic mass is 9.59. The highest BCUT2D eigenvalue weighted by molar-refractivity contribution is 9.10. The minimum atomic E-state index is -0.0538. The van der Waals surface area contributed by atoms with Gasteiger partial charge >= 0.3 is 0 Å². The molecule has 3 fully saturated rings. The first kappa shape index (κ1) is 19.1. The van der Waals surface area contributed by atoms with Crippen molar-refractivity contribution in [2.24, 2.45) is 22.7 Å². The number of methoxy groups -OCH3 is 1. The third-order valence-corrected chi connectivity index (χ3v) is 8.06. The van der Waals surface area contributed by atoms with E-state index in [1.54, 1.807) is 14.0 Å². The van der Waals surface area contributed by atoms with Crippen LogP contribution in [-0.4, -0.2) is 30.8 Å². The molecule has 5 nitrogen and oxygen atoms in total. The molecule has 27 heavy (non-hydrogen) atoms. The Morgan fingerprint density at radius 2 is 2.15 bits per heavy atom. The topological polar surface area (TPSA) is 67.8 Å². The van der Waals surface area contributed by atoms with E-state index in [4.69, 9.17) is 9.47 Å². The summed E-state index contributed by atoms with van der Waals surface area (Å²) in [4.78, 5) is 12.0. The molecule has 1 spiro atoms. The van der Waals surface area contributed by atoms with Crippen molar-refractivity contribution in [1.29, 1.82) is 0 Å². The van der Waals surface area contributed by atoms with E-state index < -0.39 is 0 Å². The van der Waals surface area contributed by atoms with Crippen LogP contribution < -0.4 is 10.1 Å². The second-order valence-electron chi connectivity index (χ2n) is 9.03. The number of phenols is 1. The van der Waals surface area contributed by atoms with Gasteiger partial charge in [-0.15, -0.1) is 0 Å². The first-order valence-electron chi connectivity index (χ1n) is 9.66. The van der Waals surface area contributed by atoms with E-state index in [0.29, 0.717) is 28.7 Å². The molecular formula is C21H28BrNO4. The minimum absolute atomic E-state index is 0.0471. The molecule has 2 N–H and O–H groups in total. The average molecular weight is 438 g/mol. The predicted octanol–water partition coefficient (Wildman–Crippen LogP) is 4.18. The number of aromatic hydroxyl groups is 1. The Bertz CT molecular complexity index is 780. The van der Waals surface area contributed by atoms with Crippen LogP contribution in [0.2, 0.25) is 0 Å². The molecule has 0 radical (unpaired) electrons. The molecule has 148 valence electrons. The van der Waals surface area contributed by atoms with E-state index >= 15 is 0 Å². The summed E-state index contributed by atoms with van der Waals surface area (Å²) in [6.07, 6.45) is 3.18. The smallest absolute Gasteiger partial charge is 0.217 e. The van der Waals surface area contributed by atoms with Gasteiger partial charge in [-0.1, -0.05) is 13.8 Å². The number of amides is 1. The van der Waals surface area contributed by atoms with Gasteiger partial charge < -0.3 is 19.9 Å². The van der Waals surface area contributed by atoms with Crippen molar-refractivity contribution in [3.8, 4) is 11.5 Å². The molecule has 6 heteroatoms. The SMILES string of the molecule is COc1cc([C@H]2OCCC34C[C@@H](C[C@H]23)C(C)(C)[C@@H]4NC(C)=O)cc(Br)c1O. The third kappa shape index (κ3) is 2.70. The van der Waals surface area contributed by atoms with Crippen LogP contribution in [0.25, 0.3) is 0 Å². The van der Waals surface area contributed by atoms with Crippen LogP contribution in [0, 0.1) is 22.7 Å². The number of carbonyl (C=O) groups excluding carboxylic acids is 1. The van der Waals surface area contributed by atoms with Crippen LogP contribution in [0.3, 0.4) is 0 Å². The van der Waals surface area contributed by atoms with Crippen LogP contribution >= 0.6 is 15.9 Å². The van der Waals surface area contributed by atoms with Gasteiger partial charge in [-0.25, -0.2) is 0 Å². The maximum Gasteiger partial charge on any atom is 0.217 e. The maximum absolute atomic E-state index is 12.0. The van der Waals surface area contributed by atoms with Gasteiger partial charge in [0.05, 0.1) is 17.7 Å². The second kappa shape index (κ2) is 6.38. The van der Waals surface area contributed by atoms with Crippen molar-refractivity contribution in [3.63, 3.8) is 0 Å². The molecular weight excluding hydrogens is 410 g/mol. The van der Waals surface area contributed by atoms with Gasteiger partial charge in [-0.2, -0.15) is 0 Å². The lowest BCUT2D eigenvalue weighted by molar-refractivity contribution is -0.136. The van der Waals surface area contributed by atoms with Crippen molar-refractivity contribution >= 4 is 21.8 Å². The largest absolute Gasteiger partial charge is 0.503 e. The Morgan fingerprint density at radius 1 is 1.41 bits per heavy atom. The number of halogens is 1. The van der Waals surface area contributed by atoms with Gasteiger partial charge in [0.15, 0.2) is 11.5 Å². The van der Waals surface area contributed by atoms with E-state index in [2.05, 4.69) is 35.1 Å². The molecule has 1 unspecified atom stereocenters. The summed E-state index contributed by atoms with van der Waals surface area (Å²) in [5.74, 6) is 1.53. The predicted molar refractivity (Wildman–Crippen MR) is 106 cm³/mol. The highest BCUT2D eigenvalue weighted by Crippen LogP contribution is 2.70. The van der Waals surface area contributed by atoms with Crippen LogP contribution in [0.15, 0.2) is 16.6 Å². The van der Waals surface area contributed by atoms with E-state index in [9.17, 15) is 9.90 Å². The van der Waals surface area contributed by atoms with Gasteiger partial charge in [0, 0.05) is 19.6 Å². The number of nitrogens with one attached hydrogen (secondary N) is 1. The van der Waals surface area contributed by atoms with Gasteiger partial charge in [0.2, 0.25) is 5.91 Å². The van der Waals surface area contributed by atoms with Crippen molar-refractivity contribution in [3.05, 3.63) is 22.2 Å². The zero-order chi connectivity index (χ0) is 19.6. The molecule has 2 bridgehead atoms. The molecule has 2 aliphatic carbocycles. The summed E-state index contributed by atoms with van der Waals surface area (Å²) in [7, 11) is 1.56. The number of hydrogen-bond donors (Lipinski definition) is 2. The standard InChI is InChI=1S/C21H28BrNO4/c1-11(24)23-19-20(2,3)13-9-14-18(27-6-5-21(14,19)10-13)12-7-15(22)17(25)16(8-12)26-4/h7-8,13-14,18-19,25H,5-6,9-10H2,1-4H3,(H,23,24)/t13-,14-,18-,19+,21?/m1/s1. The maximum atomic E-state index is 12.0. The average Bonchev–Trinajstić information content (AvgIpc) is 3.10. The molecule has 1 heterocycles. The first-order chi connectivity index (χ1) is 12.7. The molecule has 4 rings (SSSR count). The van der Waals surface area contributed by atoms with Crippen molar-refractivity contribution in [2.45, 2.75) is 52.2 Å². The Kier molecular flexibility index (Phi) is 4.50. The van der Waals surface area contributed by atoms with Crippen molar-refractivity contribution in [2.75, 3.05) is 13.7 Å². The third-order valence-electron chi connectivity index (χ3n) is 7.45. The number of rotatable bonds is 3. The number of ether oxygens (including phenoxy) is 2. The molecule has 1 aliphatic heterocycles. The minimum Gasteiger partial charge on any atom is -0.503 e. The fourth-order valence-electron chi connectivity index (χ4n) is 6.23. The van der Waals surface area contributed by atoms with E-state index in [1.165, 1.54) is 0 Å². The van der Waals surface area contributed by atoms with Crippen LogP contribution in [0.5, 0.6) is 11.5 Å². The zero-order valence-corrected chi connectivity index (χ0v) is 17.9. The quantitative estimate of drug-likeness (QED) is 0.743. The van der Waals surface area contributed by atoms with E-state index in [0.717, 1.165) is 24.8 Å². The molecule has 0 aromatic heterocycles. The van der Waals surface area contributed by atoms with E-state index in [1.807, 2.05) is 12.1 Å². The number of carbonyl (C=O) groups is 1. The zero-order valence-electron chi connectivity index (χ0n) is 16.3. The summed E-state index contributed by atoms with van der Waals surface area (Å²) in [6.45, 7) is 6.90. The molecule has 1 saturated heterocycles. The number of phenolic OH excluding ortho intramolecular Hbond substituents is 1. The van der Waals surface area contributed by atoms with Gasteiger partial charge in [-0.05, 0) is 75.6 Å².